The maximum atomic E-state index is 14.2. The Kier molecular flexibility index (Phi) is 7.09. The van der Waals surface area contributed by atoms with Crippen molar-refractivity contribution in [3.8, 4) is 11.5 Å². The van der Waals surface area contributed by atoms with Gasteiger partial charge in [0.15, 0.2) is 0 Å². The zero-order valence-electron chi connectivity index (χ0n) is 18.4. The van der Waals surface area contributed by atoms with Gasteiger partial charge in [-0.3, -0.25) is 14.3 Å². The maximum absolute atomic E-state index is 14.2. The summed E-state index contributed by atoms with van der Waals surface area (Å²) in [6.07, 6.45) is 4.23. The maximum Gasteiger partial charge on any atom is 0.255 e. The van der Waals surface area contributed by atoms with Gasteiger partial charge >= 0.3 is 0 Å². The molecule has 1 heterocycles. The molecule has 0 saturated carbocycles. The van der Waals surface area contributed by atoms with Gasteiger partial charge in [0.25, 0.3) is 11.8 Å². The summed E-state index contributed by atoms with van der Waals surface area (Å²) in [6.45, 7) is 0.437. The second-order valence-corrected chi connectivity index (χ2v) is 7.28. The number of carbonyl (C=O) groups excluding carboxylic acids is 2. The number of hydrogen-bond donors (Lipinski definition) is 1. The van der Waals surface area contributed by atoms with Crippen LogP contribution in [0.15, 0.2) is 48.8 Å². The van der Waals surface area contributed by atoms with E-state index >= 15 is 0 Å². The lowest BCUT2D eigenvalue weighted by atomic mass is 10.1. The van der Waals surface area contributed by atoms with Crippen LogP contribution in [0.2, 0.25) is 0 Å². The summed E-state index contributed by atoms with van der Waals surface area (Å²) in [5.41, 5.74) is 1.57. The van der Waals surface area contributed by atoms with E-state index in [0.717, 1.165) is 17.7 Å². The largest absolute Gasteiger partial charge is 0.497 e. The fourth-order valence-corrected chi connectivity index (χ4v) is 3.15. The lowest BCUT2D eigenvalue weighted by Gasteiger charge is -2.17. The zero-order valence-corrected chi connectivity index (χ0v) is 18.4. The van der Waals surface area contributed by atoms with E-state index < -0.39 is 11.7 Å². The fraction of sp³-hybridized carbons (Fsp3) is 0.261. The highest BCUT2D eigenvalue weighted by atomic mass is 19.1. The van der Waals surface area contributed by atoms with Crippen LogP contribution in [0.3, 0.4) is 0 Å². The Bertz CT molecular complexity index is 1110. The molecule has 168 valence electrons. The Morgan fingerprint density at radius 2 is 1.75 bits per heavy atom. The number of anilines is 1. The number of aromatic nitrogens is 2. The van der Waals surface area contributed by atoms with E-state index in [0.29, 0.717) is 24.5 Å². The van der Waals surface area contributed by atoms with Crippen LogP contribution in [0.4, 0.5) is 10.1 Å². The number of ether oxygens (including phenoxy) is 2. The minimum absolute atomic E-state index is 0.136. The number of benzene rings is 2. The number of carbonyl (C=O) groups is 2. The first-order chi connectivity index (χ1) is 15.3. The SMILES string of the molecule is COc1cc(OC)cc(C(=O)Nc2cc(F)cc(C(=O)N(C)CCc3cnn(C)c3)c2)c1. The molecular formula is C23H25FN4O4. The minimum atomic E-state index is -0.630. The average Bonchev–Trinajstić information content (AvgIpc) is 3.21. The molecule has 0 aliphatic rings. The number of amides is 2. The van der Waals surface area contributed by atoms with Crippen LogP contribution in [-0.4, -0.2) is 54.3 Å². The van der Waals surface area contributed by atoms with Gasteiger partial charge in [-0.1, -0.05) is 0 Å². The number of hydrogen-bond acceptors (Lipinski definition) is 5. The van der Waals surface area contributed by atoms with Crippen molar-refractivity contribution in [2.24, 2.45) is 7.05 Å². The van der Waals surface area contributed by atoms with Crippen LogP contribution in [0.1, 0.15) is 26.3 Å². The highest BCUT2D eigenvalue weighted by Gasteiger charge is 2.16. The zero-order chi connectivity index (χ0) is 23.3. The molecule has 0 fully saturated rings. The number of aryl methyl sites for hydroxylation is 1. The van der Waals surface area contributed by atoms with Crippen molar-refractivity contribution >= 4 is 17.5 Å². The topological polar surface area (TPSA) is 85.7 Å². The number of nitrogens with zero attached hydrogens (tertiary/aromatic N) is 3. The first-order valence-electron chi connectivity index (χ1n) is 9.87. The lowest BCUT2D eigenvalue weighted by Crippen LogP contribution is -2.29. The molecule has 0 atom stereocenters. The van der Waals surface area contributed by atoms with Gasteiger partial charge in [0.2, 0.25) is 0 Å². The number of nitrogens with one attached hydrogen (secondary N) is 1. The first kappa shape index (κ1) is 22.8. The molecule has 0 aliphatic heterocycles. The van der Waals surface area contributed by atoms with Crippen molar-refractivity contribution in [2.75, 3.05) is 33.1 Å². The second kappa shape index (κ2) is 9.95. The van der Waals surface area contributed by atoms with Crippen LogP contribution >= 0.6 is 0 Å². The molecule has 0 spiro atoms. The predicted molar refractivity (Wildman–Crippen MR) is 118 cm³/mol. The van der Waals surface area contributed by atoms with E-state index in [2.05, 4.69) is 10.4 Å². The molecule has 0 bridgehead atoms. The van der Waals surface area contributed by atoms with Crippen molar-refractivity contribution in [1.29, 1.82) is 0 Å². The van der Waals surface area contributed by atoms with Gasteiger partial charge in [0.1, 0.15) is 17.3 Å². The summed E-state index contributed by atoms with van der Waals surface area (Å²) in [6, 6.07) is 8.46. The van der Waals surface area contributed by atoms with Gasteiger partial charge < -0.3 is 19.7 Å². The molecule has 1 aromatic heterocycles. The van der Waals surface area contributed by atoms with E-state index in [1.807, 2.05) is 13.2 Å². The van der Waals surface area contributed by atoms with Crippen molar-refractivity contribution in [2.45, 2.75) is 6.42 Å². The van der Waals surface area contributed by atoms with Crippen LogP contribution in [0, 0.1) is 5.82 Å². The third-order valence-corrected chi connectivity index (χ3v) is 4.86. The van der Waals surface area contributed by atoms with Crippen LogP contribution < -0.4 is 14.8 Å². The first-order valence-corrected chi connectivity index (χ1v) is 9.87. The molecule has 0 aliphatic carbocycles. The Labute approximate surface area is 185 Å². The highest BCUT2D eigenvalue weighted by molar-refractivity contribution is 6.05. The molecule has 2 amide bonds. The number of rotatable bonds is 8. The number of methoxy groups -OCH3 is 2. The summed E-state index contributed by atoms with van der Waals surface area (Å²) in [7, 11) is 6.42. The van der Waals surface area contributed by atoms with Gasteiger partial charge in [0.05, 0.1) is 20.4 Å². The van der Waals surface area contributed by atoms with E-state index in [1.165, 1.54) is 37.3 Å². The molecule has 0 unspecified atom stereocenters. The molecule has 9 heteroatoms. The van der Waals surface area contributed by atoms with Gasteiger partial charge in [-0.2, -0.15) is 5.10 Å². The molecule has 0 saturated heterocycles. The number of halogens is 1. The summed E-state index contributed by atoms with van der Waals surface area (Å²) in [4.78, 5) is 27.0. The van der Waals surface area contributed by atoms with E-state index in [1.54, 1.807) is 24.0 Å². The smallest absolute Gasteiger partial charge is 0.255 e. The summed E-state index contributed by atoms with van der Waals surface area (Å²) in [5.74, 6) is -0.585. The highest BCUT2D eigenvalue weighted by Crippen LogP contribution is 2.24. The van der Waals surface area contributed by atoms with Gasteiger partial charge in [-0.15, -0.1) is 0 Å². The van der Waals surface area contributed by atoms with E-state index in [4.69, 9.17) is 9.47 Å². The quantitative estimate of drug-likeness (QED) is 0.582. The summed E-state index contributed by atoms with van der Waals surface area (Å²) in [5, 5.41) is 6.73. The monoisotopic (exact) mass is 440 g/mol. The standard InChI is InChI=1S/C23H25FN4O4/c1-27(6-5-15-13-25-28(2)14-15)23(30)17-7-18(24)11-19(8-17)26-22(29)16-9-20(31-3)12-21(10-16)32-4/h7-14H,5-6H2,1-4H3,(H,26,29). The van der Waals surface area contributed by atoms with Crippen molar-refractivity contribution in [3.63, 3.8) is 0 Å². The molecular weight excluding hydrogens is 415 g/mol. The van der Waals surface area contributed by atoms with Crippen LogP contribution in [-0.2, 0) is 13.5 Å². The minimum Gasteiger partial charge on any atom is -0.497 e. The van der Waals surface area contributed by atoms with Crippen LogP contribution in [0.5, 0.6) is 11.5 Å². The van der Waals surface area contributed by atoms with Gasteiger partial charge in [-0.25, -0.2) is 4.39 Å². The molecule has 2 aromatic carbocycles. The second-order valence-electron chi connectivity index (χ2n) is 7.28. The molecule has 8 nitrogen and oxygen atoms in total. The molecule has 0 radical (unpaired) electrons. The Balaban J connectivity index is 1.73. The van der Waals surface area contributed by atoms with Crippen molar-refractivity contribution in [1.82, 2.24) is 14.7 Å². The fourth-order valence-electron chi connectivity index (χ4n) is 3.15. The molecule has 3 rings (SSSR count). The third-order valence-electron chi connectivity index (χ3n) is 4.86. The summed E-state index contributed by atoms with van der Waals surface area (Å²) >= 11 is 0. The lowest BCUT2D eigenvalue weighted by molar-refractivity contribution is 0.0795. The Morgan fingerprint density at radius 1 is 1.06 bits per heavy atom. The van der Waals surface area contributed by atoms with Crippen molar-refractivity contribution in [3.05, 3.63) is 71.3 Å². The van der Waals surface area contributed by atoms with Crippen molar-refractivity contribution < 1.29 is 23.5 Å². The Morgan fingerprint density at radius 3 is 2.34 bits per heavy atom. The van der Waals surface area contributed by atoms with Crippen LogP contribution in [0.25, 0.3) is 0 Å². The molecule has 3 aromatic rings. The Hall–Kier alpha value is -3.88. The predicted octanol–water partition coefficient (Wildman–Crippen LogP) is 3.14. The van der Waals surface area contributed by atoms with E-state index in [-0.39, 0.29) is 22.7 Å². The van der Waals surface area contributed by atoms with Gasteiger partial charge in [0, 0.05) is 49.7 Å². The third kappa shape index (κ3) is 5.63. The molecule has 32 heavy (non-hydrogen) atoms. The average molecular weight is 440 g/mol. The summed E-state index contributed by atoms with van der Waals surface area (Å²) < 4.78 is 26.3. The number of likely N-dealkylation sites (N-methyl/N-ethyl adjacent to an activating group) is 1. The normalized spacial score (nSPS) is 10.5. The van der Waals surface area contributed by atoms with E-state index in [9.17, 15) is 14.0 Å². The van der Waals surface area contributed by atoms with Gasteiger partial charge in [-0.05, 0) is 42.3 Å². The molecule has 1 N–H and O–H groups in total.